The van der Waals surface area contributed by atoms with Crippen LogP contribution in [0.5, 0.6) is 0 Å². The molecule has 0 radical (unpaired) electrons. The zero-order chi connectivity index (χ0) is 18.8. The van der Waals surface area contributed by atoms with Gasteiger partial charge in [-0.15, -0.1) is 0 Å². The smallest absolute Gasteiger partial charge is 0.395 e. The van der Waals surface area contributed by atoms with Gasteiger partial charge in [-0.1, -0.05) is 0 Å². The summed E-state index contributed by atoms with van der Waals surface area (Å²) in [4.78, 5) is 14.4. The van der Waals surface area contributed by atoms with Crippen molar-refractivity contribution < 1.29 is 23.1 Å². The molecule has 1 aliphatic rings. The molecule has 1 fully saturated rings. The summed E-state index contributed by atoms with van der Waals surface area (Å²) in [6.45, 7) is 6.65. The standard InChI is InChI=1S/C16H25F3N4O2/c1-10(2)22-7-4-5-12(9-22)23-11(3)13(15(25)20-6-8-24)14(21-23)16(17,18)19/h10,12,24H,4-9H2,1-3H3,(H,20,25). The number of aliphatic hydroxyl groups excluding tert-OH is 1. The van der Waals surface area contributed by atoms with E-state index in [9.17, 15) is 18.0 Å². The van der Waals surface area contributed by atoms with Gasteiger partial charge in [0.2, 0.25) is 0 Å². The fourth-order valence-electron chi connectivity index (χ4n) is 3.25. The van der Waals surface area contributed by atoms with E-state index in [-0.39, 0.29) is 24.9 Å². The van der Waals surface area contributed by atoms with Gasteiger partial charge < -0.3 is 10.4 Å². The molecule has 1 saturated heterocycles. The second-order valence-corrected chi connectivity index (χ2v) is 6.62. The number of nitrogens with one attached hydrogen (secondary N) is 1. The van der Waals surface area contributed by atoms with Gasteiger partial charge in [0.1, 0.15) is 0 Å². The number of alkyl halides is 3. The van der Waals surface area contributed by atoms with Gasteiger partial charge >= 0.3 is 6.18 Å². The van der Waals surface area contributed by atoms with Crippen molar-refractivity contribution in [3.8, 4) is 0 Å². The van der Waals surface area contributed by atoms with Crippen LogP contribution in [0.25, 0.3) is 0 Å². The first-order valence-corrected chi connectivity index (χ1v) is 8.46. The number of hydrogen-bond donors (Lipinski definition) is 2. The molecule has 0 saturated carbocycles. The Morgan fingerprint density at radius 1 is 1.44 bits per heavy atom. The summed E-state index contributed by atoms with van der Waals surface area (Å²) < 4.78 is 41.5. The Morgan fingerprint density at radius 3 is 2.68 bits per heavy atom. The molecule has 2 heterocycles. The average Bonchev–Trinajstić information content (AvgIpc) is 2.90. The third-order valence-corrected chi connectivity index (χ3v) is 4.55. The second-order valence-electron chi connectivity index (χ2n) is 6.62. The van der Waals surface area contributed by atoms with Crippen LogP contribution < -0.4 is 5.32 Å². The van der Waals surface area contributed by atoms with Crippen molar-refractivity contribution in [2.24, 2.45) is 0 Å². The molecular formula is C16H25F3N4O2. The maximum atomic E-state index is 13.4. The van der Waals surface area contributed by atoms with Crippen molar-refractivity contribution >= 4 is 5.91 Å². The van der Waals surface area contributed by atoms with Crippen LogP contribution in [0.15, 0.2) is 0 Å². The highest BCUT2D eigenvalue weighted by Gasteiger charge is 2.41. The second kappa shape index (κ2) is 7.74. The van der Waals surface area contributed by atoms with Gasteiger partial charge in [-0.3, -0.25) is 14.4 Å². The molecule has 6 nitrogen and oxygen atoms in total. The number of carbonyl (C=O) groups is 1. The Bertz CT molecular complexity index is 613. The van der Waals surface area contributed by atoms with Crippen LogP contribution >= 0.6 is 0 Å². The lowest BCUT2D eigenvalue weighted by Gasteiger charge is -2.35. The normalized spacial score (nSPS) is 19.4. The Labute approximate surface area is 145 Å². The minimum atomic E-state index is -4.71. The van der Waals surface area contributed by atoms with Gasteiger partial charge in [0.25, 0.3) is 5.91 Å². The number of piperidine rings is 1. The molecule has 2 rings (SSSR count). The zero-order valence-corrected chi connectivity index (χ0v) is 14.7. The largest absolute Gasteiger partial charge is 0.435 e. The Balaban J connectivity index is 2.39. The number of likely N-dealkylation sites (tertiary alicyclic amines) is 1. The summed E-state index contributed by atoms with van der Waals surface area (Å²) in [6, 6.07) is 0.102. The summed E-state index contributed by atoms with van der Waals surface area (Å²) in [6.07, 6.45) is -3.12. The molecule has 0 spiro atoms. The van der Waals surface area contributed by atoms with E-state index in [4.69, 9.17) is 5.11 Å². The molecule has 0 aromatic carbocycles. The van der Waals surface area contributed by atoms with Crippen LogP contribution in [0, 0.1) is 6.92 Å². The topological polar surface area (TPSA) is 70.4 Å². The summed E-state index contributed by atoms with van der Waals surface area (Å²) in [5.41, 5.74) is -1.41. The third kappa shape index (κ3) is 4.33. The van der Waals surface area contributed by atoms with Gasteiger partial charge in [-0.05, 0) is 40.2 Å². The molecule has 2 N–H and O–H groups in total. The number of rotatable bonds is 5. The van der Waals surface area contributed by atoms with Crippen LogP contribution in [0.1, 0.15) is 54.5 Å². The predicted octanol–water partition coefficient (Wildman–Crippen LogP) is 1.98. The van der Waals surface area contributed by atoms with Crippen molar-refractivity contribution in [1.82, 2.24) is 20.0 Å². The van der Waals surface area contributed by atoms with Crippen molar-refractivity contribution in [3.63, 3.8) is 0 Å². The summed E-state index contributed by atoms with van der Waals surface area (Å²) in [7, 11) is 0. The fourth-order valence-corrected chi connectivity index (χ4v) is 3.25. The number of amides is 1. The van der Waals surface area contributed by atoms with Gasteiger partial charge in [0.05, 0.1) is 18.2 Å². The van der Waals surface area contributed by atoms with Crippen LogP contribution in [-0.4, -0.2) is 58.0 Å². The maximum Gasteiger partial charge on any atom is 0.435 e. The number of nitrogens with zero attached hydrogens (tertiary/aromatic N) is 3. The Morgan fingerprint density at radius 2 is 2.12 bits per heavy atom. The van der Waals surface area contributed by atoms with Crippen molar-refractivity contribution in [3.05, 3.63) is 17.0 Å². The van der Waals surface area contributed by atoms with E-state index in [0.717, 1.165) is 19.4 Å². The van der Waals surface area contributed by atoms with Crippen molar-refractivity contribution in [2.75, 3.05) is 26.2 Å². The number of aliphatic hydroxyl groups is 1. The van der Waals surface area contributed by atoms with E-state index in [2.05, 4.69) is 15.3 Å². The third-order valence-electron chi connectivity index (χ3n) is 4.55. The minimum Gasteiger partial charge on any atom is -0.395 e. The lowest BCUT2D eigenvalue weighted by molar-refractivity contribution is -0.142. The van der Waals surface area contributed by atoms with E-state index in [1.54, 1.807) is 0 Å². The predicted molar refractivity (Wildman–Crippen MR) is 86.4 cm³/mol. The van der Waals surface area contributed by atoms with Gasteiger partial charge in [0.15, 0.2) is 5.69 Å². The van der Waals surface area contributed by atoms with Gasteiger partial charge in [0, 0.05) is 24.8 Å². The lowest BCUT2D eigenvalue weighted by Crippen LogP contribution is -2.41. The monoisotopic (exact) mass is 362 g/mol. The minimum absolute atomic E-state index is 0.106. The first-order valence-electron chi connectivity index (χ1n) is 8.46. The van der Waals surface area contributed by atoms with Crippen molar-refractivity contribution in [2.45, 2.75) is 51.9 Å². The molecule has 1 aromatic heterocycles. The highest BCUT2D eigenvalue weighted by atomic mass is 19.4. The van der Waals surface area contributed by atoms with Crippen LogP contribution in [-0.2, 0) is 6.18 Å². The number of aromatic nitrogens is 2. The Hall–Kier alpha value is -1.61. The van der Waals surface area contributed by atoms with Gasteiger partial charge in [-0.2, -0.15) is 18.3 Å². The molecular weight excluding hydrogens is 337 g/mol. The molecule has 142 valence electrons. The van der Waals surface area contributed by atoms with Crippen molar-refractivity contribution in [1.29, 1.82) is 0 Å². The number of hydrogen-bond acceptors (Lipinski definition) is 4. The van der Waals surface area contributed by atoms with E-state index in [0.29, 0.717) is 12.6 Å². The molecule has 0 aliphatic carbocycles. The van der Waals surface area contributed by atoms with Gasteiger partial charge in [-0.25, -0.2) is 0 Å². The van der Waals surface area contributed by atoms with Crippen LogP contribution in [0.4, 0.5) is 13.2 Å². The Kier molecular flexibility index (Phi) is 6.10. The molecule has 9 heteroatoms. The van der Waals surface area contributed by atoms with E-state index in [1.807, 2.05) is 13.8 Å². The highest BCUT2D eigenvalue weighted by Crippen LogP contribution is 2.34. The molecule has 0 bridgehead atoms. The summed E-state index contributed by atoms with van der Waals surface area (Å²) >= 11 is 0. The number of carbonyl (C=O) groups excluding carboxylic acids is 1. The summed E-state index contributed by atoms with van der Waals surface area (Å²) in [5.74, 6) is -0.860. The first-order chi connectivity index (χ1) is 11.7. The molecule has 1 aromatic rings. The fraction of sp³-hybridized carbons (Fsp3) is 0.750. The molecule has 1 atom stereocenters. The van der Waals surface area contributed by atoms with E-state index >= 15 is 0 Å². The molecule has 1 unspecified atom stereocenters. The van der Waals surface area contributed by atoms with Crippen LogP contribution in [0.3, 0.4) is 0 Å². The zero-order valence-electron chi connectivity index (χ0n) is 14.7. The summed E-state index contributed by atoms with van der Waals surface area (Å²) in [5, 5.41) is 14.8. The number of halogens is 3. The molecule has 1 amide bonds. The average molecular weight is 362 g/mol. The van der Waals surface area contributed by atoms with Crippen LogP contribution in [0.2, 0.25) is 0 Å². The maximum absolute atomic E-state index is 13.4. The SMILES string of the molecule is Cc1c(C(=O)NCCO)c(C(F)(F)F)nn1C1CCCN(C(C)C)C1. The quantitative estimate of drug-likeness (QED) is 0.840. The highest BCUT2D eigenvalue weighted by molar-refractivity contribution is 5.96. The van der Waals surface area contributed by atoms with E-state index < -0.39 is 23.3 Å². The first kappa shape index (κ1) is 19.7. The lowest BCUT2D eigenvalue weighted by atomic mass is 10.0. The van der Waals surface area contributed by atoms with E-state index in [1.165, 1.54) is 11.6 Å². The molecule has 1 aliphatic heterocycles. The molecule has 25 heavy (non-hydrogen) atoms.